The average molecular weight is 301 g/mol. The van der Waals surface area contributed by atoms with E-state index in [0.717, 1.165) is 16.9 Å². The lowest BCUT2D eigenvalue weighted by Crippen LogP contribution is -2.39. The van der Waals surface area contributed by atoms with Gasteiger partial charge in [0.2, 0.25) is 11.8 Å². The zero-order valence-corrected chi connectivity index (χ0v) is 13.6. The Morgan fingerprint density at radius 2 is 2.05 bits per heavy atom. The lowest BCUT2D eigenvalue weighted by molar-refractivity contribution is -0.134. The maximum absolute atomic E-state index is 12.2. The van der Waals surface area contributed by atoms with Crippen molar-refractivity contribution in [3.8, 4) is 0 Å². The van der Waals surface area contributed by atoms with E-state index in [4.69, 9.17) is 0 Å². The van der Waals surface area contributed by atoms with Gasteiger partial charge in [-0.3, -0.25) is 19.9 Å². The largest absolute Gasteiger partial charge is 0.386 e. The number of nitrogens with zero attached hydrogens (tertiary/aromatic N) is 1. The summed E-state index contributed by atoms with van der Waals surface area (Å²) in [5.41, 5.74) is 2.46. The molecule has 1 aromatic carbocycles. The molecule has 0 bridgehead atoms. The highest BCUT2D eigenvalue weighted by atomic mass is 16.2. The fraction of sp³-hybridized carbons (Fsp3) is 0.471. The molecule has 1 unspecified atom stereocenters. The quantitative estimate of drug-likeness (QED) is 0.666. The van der Waals surface area contributed by atoms with Crippen molar-refractivity contribution in [3.63, 3.8) is 0 Å². The maximum atomic E-state index is 12.2. The predicted octanol–water partition coefficient (Wildman–Crippen LogP) is 3.00. The molecule has 1 heterocycles. The van der Waals surface area contributed by atoms with E-state index >= 15 is 0 Å². The van der Waals surface area contributed by atoms with Crippen molar-refractivity contribution in [2.24, 2.45) is 10.4 Å². The second kappa shape index (κ2) is 6.30. The molecule has 1 fully saturated rings. The minimum atomic E-state index is -0.335. The first-order valence-corrected chi connectivity index (χ1v) is 7.51. The van der Waals surface area contributed by atoms with E-state index in [2.05, 4.69) is 36.4 Å². The summed E-state index contributed by atoms with van der Waals surface area (Å²) in [7, 11) is 1.83. The standard InChI is InChI=1S/C17H23N3O2/c1-17(2,3)10-19-15-11(6-5-7-13(15)18-4)12-8-9-14(21)20-16(12)22/h5-7,10,12,18H,8-9H2,1-4H3,(H,20,21,22). The second-order valence-electron chi connectivity index (χ2n) is 6.62. The Morgan fingerprint density at radius 1 is 1.32 bits per heavy atom. The van der Waals surface area contributed by atoms with Crippen LogP contribution in [0, 0.1) is 5.41 Å². The summed E-state index contributed by atoms with van der Waals surface area (Å²) >= 11 is 0. The number of piperidine rings is 1. The van der Waals surface area contributed by atoms with Crippen molar-refractivity contribution in [1.82, 2.24) is 5.32 Å². The van der Waals surface area contributed by atoms with Crippen LogP contribution >= 0.6 is 0 Å². The molecule has 5 heteroatoms. The molecule has 2 rings (SSSR count). The minimum absolute atomic E-state index is 0.0527. The number of anilines is 1. The number of rotatable bonds is 3. The summed E-state index contributed by atoms with van der Waals surface area (Å²) in [6, 6.07) is 5.75. The van der Waals surface area contributed by atoms with Crippen LogP contribution in [0.1, 0.15) is 45.1 Å². The molecule has 22 heavy (non-hydrogen) atoms. The van der Waals surface area contributed by atoms with Gasteiger partial charge in [-0.2, -0.15) is 0 Å². The highest BCUT2D eigenvalue weighted by Gasteiger charge is 2.30. The Balaban J connectivity index is 2.45. The number of carbonyl (C=O) groups excluding carboxylic acids is 2. The summed E-state index contributed by atoms with van der Waals surface area (Å²) in [5, 5.41) is 5.54. The molecule has 0 aromatic heterocycles. The molecule has 2 amide bonds. The smallest absolute Gasteiger partial charge is 0.234 e. The zero-order valence-electron chi connectivity index (χ0n) is 13.6. The minimum Gasteiger partial charge on any atom is -0.386 e. The van der Waals surface area contributed by atoms with E-state index in [9.17, 15) is 9.59 Å². The summed E-state index contributed by atoms with van der Waals surface area (Å²) in [6.45, 7) is 6.22. The molecule has 0 saturated carbocycles. The van der Waals surface area contributed by atoms with Crippen LogP contribution < -0.4 is 10.6 Å². The Bertz CT molecular complexity index is 615. The third-order valence-electron chi connectivity index (χ3n) is 3.53. The van der Waals surface area contributed by atoms with Crippen molar-refractivity contribution < 1.29 is 9.59 Å². The molecular weight excluding hydrogens is 278 g/mol. The molecule has 1 aliphatic rings. The first-order chi connectivity index (χ1) is 10.3. The van der Waals surface area contributed by atoms with Gasteiger partial charge in [0.1, 0.15) is 0 Å². The first kappa shape index (κ1) is 16.2. The Labute approximate surface area is 131 Å². The third-order valence-corrected chi connectivity index (χ3v) is 3.53. The van der Waals surface area contributed by atoms with Crippen LogP contribution in [0.5, 0.6) is 0 Å². The average Bonchev–Trinajstić information content (AvgIpc) is 2.44. The summed E-state index contributed by atoms with van der Waals surface area (Å²) in [5.74, 6) is -0.777. The topological polar surface area (TPSA) is 70.6 Å². The van der Waals surface area contributed by atoms with Crippen LogP contribution in [0.3, 0.4) is 0 Å². The van der Waals surface area contributed by atoms with Gasteiger partial charge in [0, 0.05) is 19.7 Å². The number of hydrogen-bond acceptors (Lipinski definition) is 4. The van der Waals surface area contributed by atoms with Crippen LogP contribution in [-0.4, -0.2) is 25.1 Å². The molecule has 1 aromatic rings. The molecule has 0 aliphatic carbocycles. The van der Waals surface area contributed by atoms with Crippen molar-refractivity contribution >= 4 is 29.4 Å². The second-order valence-corrected chi connectivity index (χ2v) is 6.62. The number of imide groups is 1. The van der Waals surface area contributed by atoms with Gasteiger partial charge in [-0.15, -0.1) is 0 Å². The monoisotopic (exact) mass is 301 g/mol. The number of para-hydroxylation sites is 1. The van der Waals surface area contributed by atoms with Crippen molar-refractivity contribution in [2.45, 2.75) is 39.5 Å². The number of nitrogens with one attached hydrogen (secondary N) is 2. The van der Waals surface area contributed by atoms with E-state index in [-0.39, 0.29) is 23.1 Å². The molecule has 1 aliphatic heterocycles. The van der Waals surface area contributed by atoms with Crippen molar-refractivity contribution in [1.29, 1.82) is 0 Å². The fourth-order valence-corrected chi connectivity index (χ4v) is 2.44. The van der Waals surface area contributed by atoms with Crippen LogP contribution in [0.15, 0.2) is 23.2 Å². The van der Waals surface area contributed by atoms with Crippen molar-refractivity contribution in [2.75, 3.05) is 12.4 Å². The van der Waals surface area contributed by atoms with E-state index < -0.39 is 0 Å². The van der Waals surface area contributed by atoms with Gasteiger partial charge in [0.25, 0.3) is 0 Å². The molecule has 118 valence electrons. The molecule has 5 nitrogen and oxygen atoms in total. The number of aliphatic imine (C=N–C) groups is 1. The van der Waals surface area contributed by atoms with Crippen LogP contribution in [-0.2, 0) is 9.59 Å². The zero-order chi connectivity index (χ0) is 16.3. The molecular formula is C17H23N3O2. The summed E-state index contributed by atoms with van der Waals surface area (Å²) in [4.78, 5) is 28.1. The molecule has 0 spiro atoms. The van der Waals surface area contributed by atoms with Gasteiger partial charge >= 0.3 is 0 Å². The highest BCUT2D eigenvalue weighted by Crippen LogP contribution is 2.37. The number of carbonyl (C=O) groups is 2. The maximum Gasteiger partial charge on any atom is 0.234 e. The lowest BCUT2D eigenvalue weighted by Gasteiger charge is -2.23. The first-order valence-electron chi connectivity index (χ1n) is 7.51. The van der Waals surface area contributed by atoms with E-state index in [1.807, 2.05) is 31.5 Å². The number of benzene rings is 1. The predicted molar refractivity (Wildman–Crippen MR) is 88.7 cm³/mol. The SMILES string of the molecule is CNc1cccc(C2CCC(=O)NC2=O)c1N=CC(C)(C)C. The van der Waals surface area contributed by atoms with E-state index in [1.165, 1.54) is 0 Å². The van der Waals surface area contributed by atoms with Gasteiger partial charge in [-0.25, -0.2) is 0 Å². The van der Waals surface area contributed by atoms with Gasteiger partial charge in [0.05, 0.1) is 17.3 Å². The third kappa shape index (κ3) is 3.72. The Kier molecular flexibility index (Phi) is 4.64. The lowest BCUT2D eigenvalue weighted by atomic mass is 9.89. The van der Waals surface area contributed by atoms with Gasteiger partial charge in [-0.05, 0) is 23.5 Å². The van der Waals surface area contributed by atoms with Crippen molar-refractivity contribution in [3.05, 3.63) is 23.8 Å². The van der Waals surface area contributed by atoms with E-state index in [1.54, 1.807) is 0 Å². The van der Waals surface area contributed by atoms with Crippen LogP contribution in [0.25, 0.3) is 0 Å². The molecule has 1 atom stereocenters. The van der Waals surface area contributed by atoms with Gasteiger partial charge in [-0.1, -0.05) is 32.9 Å². The van der Waals surface area contributed by atoms with Crippen LogP contribution in [0.4, 0.5) is 11.4 Å². The number of amides is 2. The summed E-state index contributed by atoms with van der Waals surface area (Å²) in [6.07, 6.45) is 2.77. The van der Waals surface area contributed by atoms with Gasteiger partial charge < -0.3 is 5.32 Å². The highest BCUT2D eigenvalue weighted by molar-refractivity contribution is 6.02. The molecule has 1 saturated heterocycles. The fourth-order valence-electron chi connectivity index (χ4n) is 2.44. The normalized spacial score (nSPS) is 19.4. The Hall–Kier alpha value is -2.17. The molecule has 2 N–H and O–H groups in total. The Morgan fingerprint density at radius 3 is 2.64 bits per heavy atom. The molecule has 0 radical (unpaired) electrons. The van der Waals surface area contributed by atoms with Gasteiger partial charge in [0.15, 0.2) is 0 Å². The number of hydrogen-bond donors (Lipinski definition) is 2. The summed E-state index contributed by atoms with van der Waals surface area (Å²) < 4.78 is 0. The van der Waals surface area contributed by atoms with Crippen LogP contribution in [0.2, 0.25) is 0 Å². The van der Waals surface area contributed by atoms with E-state index in [0.29, 0.717) is 12.8 Å².